The first-order chi connectivity index (χ1) is 13.7. The number of ether oxygens (including phenoxy) is 1. The predicted octanol–water partition coefficient (Wildman–Crippen LogP) is 3.80. The van der Waals surface area contributed by atoms with E-state index in [-0.39, 0.29) is 10.8 Å². The Morgan fingerprint density at radius 1 is 1.10 bits per heavy atom. The maximum atomic E-state index is 12.9. The molecule has 0 bridgehead atoms. The van der Waals surface area contributed by atoms with Crippen molar-refractivity contribution < 1.29 is 17.9 Å². The van der Waals surface area contributed by atoms with E-state index < -0.39 is 10.0 Å². The fraction of sp³-hybridized carbons (Fsp3) is 0.409. The number of hydrogen-bond donors (Lipinski definition) is 1. The van der Waals surface area contributed by atoms with E-state index in [1.54, 1.807) is 18.2 Å². The Hall–Kier alpha value is -2.54. The van der Waals surface area contributed by atoms with Gasteiger partial charge >= 0.3 is 0 Å². The molecule has 29 heavy (non-hydrogen) atoms. The van der Waals surface area contributed by atoms with E-state index in [2.05, 4.69) is 4.72 Å². The Labute approximate surface area is 172 Å². The van der Waals surface area contributed by atoms with Crippen LogP contribution in [0.15, 0.2) is 35.2 Å². The number of anilines is 1. The number of hydrogen-bond acceptors (Lipinski definition) is 4. The van der Waals surface area contributed by atoms with Crippen LogP contribution in [0, 0.1) is 13.8 Å². The first-order valence-electron chi connectivity index (χ1n) is 9.91. The molecule has 6 nitrogen and oxygen atoms in total. The molecule has 0 saturated heterocycles. The zero-order valence-electron chi connectivity index (χ0n) is 17.4. The van der Waals surface area contributed by atoms with Crippen LogP contribution in [0.5, 0.6) is 5.75 Å². The van der Waals surface area contributed by atoms with Crippen molar-refractivity contribution in [3.05, 3.63) is 52.6 Å². The van der Waals surface area contributed by atoms with Gasteiger partial charge in [-0.15, -0.1) is 0 Å². The smallest absolute Gasteiger partial charge is 0.261 e. The zero-order chi connectivity index (χ0) is 21.2. The lowest BCUT2D eigenvalue weighted by Crippen LogP contribution is -2.35. The second kappa shape index (κ2) is 8.45. The van der Waals surface area contributed by atoms with Gasteiger partial charge in [-0.3, -0.25) is 9.52 Å². The van der Waals surface area contributed by atoms with E-state index in [0.29, 0.717) is 31.8 Å². The van der Waals surface area contributed by atoms with E-state index in [4.69, 9.17) is 4.74 Å². The fourth-order valence-electron chi connectivity index (χ4n) is 3.71. The van der Waals surface area contributed by atoms with Gasteiger partial charge in [-0.2, -0.15) is 0 Å². The first kappa shape index (κ1) is 21.2. The van der Waals surface area contributed by atoms with Gasteiger partial charge < -0.3 is 9.64 Å². The molecule has 0 radical (unpaired) electrons. The van der Waals surface area contributed by atoms with Crippen molar-refractivity contribution in [1.82, 2.24) is 4.90 Å². The average molecular weight is 417 g/mol. The molecule has 156 valence electrons. The van der Waals surface area contributed by atoms with E-state index in [1.165, 1.54) is 0 Å². The largest absolute Gasteiger partial charge is 0.493 e. The monoisotopic (exact) mass is 416 g/mol. The molecule has 7 heteroatoms. The highest BCUT2D eigenvalue weighted by atomic mass is 32.2. The molecule has 1 N–H and O–H groups in total. The molecule has 2 aromatic carbocycles. The van der Waals surface area contributed by atoms with Crippen molar-refractivity contribution >= 4 is 21.6 Å². The predicted molar refractivity (Wildman–Crippen MR) is 114 cm³/mol. The number of carbonyl (C=O) groups is 1. The minimum atomic E-state index is -3.74. The lowest BCUT2D eigenvalue weighted by Gasteiger charge is -2.29. The van der Waals surface area contributed by atoms with Crippen LogP contribution in [0.1, 0.15) is 42.5 Å². The number of nitrogens with zero attached hydrogens (tertiary/aromatic N) is 1. The number of fused-ring (bicyclic) bond motifs is 1. The van der Waals surface area contributed by atoms with E-state index >= 15 is 0 Å². The van der Waals surface area contributed by atoms with Gasteiger partial charge in [0.05, 0.1) is 11.5 Å². The summed E-state index contributed by atoms with van der Waals surface area (Å²) in [5, 5.41) is 0. The van der Waals surface area contributed by atoms with Crippen molar-refractivity contribution in [1.29, 1.82) is 0 Å². The van der Waals surface area contributed by atoms with E-state index in [1.807, 2.05) is 44.7 Å². The van der Waals surface area contributed by atoms with Gasteiger partial charge in [0.25, 0.3) is 10.0 Å². The Balaban J connectivity index is 1.86. The molecular weight excluding hydrogens is 388 g/mol. The summed E-state index contributed by atoms with van der Waals surface area (Å²) in [4.78, 5) is 14.0. The highest BCUT2D eigenvalue weighted by molar-refractivity contribution is 7.92. The fourth-order valence-corrected chi connectivity index (χ4v) is 4.93. The topological polar surface area (TPSA) is 75.7 Å². The lowest BCUT2D eigenvalue weighted by atomic mass is 9.99. The summed E-state index contributed by atoms with van der Waals surface area (Å²) < 4.78 is 34.2. The lowest BCUT2D eigenvalue weighted by molar-refractivity contribution is -0.131. The molecule has 2 aromatic rings. The molecule has 0 spiro atoms. The SMILES string of the molecule is CCOc1c(C)cc(S(=O)(=O)Nc2ccc3c(c2)CN(C(=O)CC)CC3)cc1C. The minimum Gasteiger partial charge on any atom is -0.493 e. The molecule has 1 amide bonds. The quantitative estimate of drug-likeness (QED) is 0.777. The third-order valence-corrected chi connectivity index (χ3v) is 6.52. The van der Waals surface area contributed by atoms with Crippen LogP contribution < -0.4 is 9.46 Å². The van der Waals surface area contributed by atoms with Crippen molar-refractivity contribution in [2.45, 2.75) is 52.0 Å². The number of amides is 1. The molecule has 1 aliphatic rings. The van der Waals surface area contributed by atoms with Crippen LogP contribution in [0.3, 0.4) is 0 Å². The Kier molecular flexibility index (Phi) is 6.17. The van der Waals surface area contributed by atoms with Gasteiger partial charge in [0.15, 0.2) is 0 Å². The number of sulfonamides is 1. The number of rotatable bonds is 6. The van der Waals surface area contributed by atoms with E-state index in [9.17, 15) is 13.2 Å². The van der Waals surface area contributed by atoms with Gasteiger partial charge in [-0.05, 0) is 73.7 Å². The molecule has 1 heterocycles. The number of benzene rings is 2. The second-order valence-corrected chi connectivity index (χ2v) is 9.01. The standard InChI is InChI=1S/C22H28N2O4S/c1-5-21(25)24-10-9-17-7-8-19(13-18(17)14-24)23-29(26,27)20-11-15(3)22(28-6-2)16(4)12-20/h7-8,11-13,23H,5-6,9-10,14H2,1-4H3. The average Bonchev–Trinajstić information content (AvgIpc) is 2.69. The summed E-state index contributed by atoms with van der Waals surface area (Å²) in [6.07, 6.45) is 1.25. The third kappa shape index (κ3) is 4.56. The Morgan fingerprint density at radius 2 is 1.79 bits per heavy atom. The van der Waals surface area contributed by atoms with Crippen LogP contribution in [-0.4, -0.2) is 32.4 Å². The van der Waals surface area contributed by atoms with Crippen molar-refractivity contribution in [3.63, 3.8) is 0 Å². The zero-order valence-corrected chi connectivity index (χ0v) is 18.2. The van der Waals surface area contributed by atoms with Crippen molar-refractivity contribution in [2.75, 3.05) is 17.9 Å². The summed E-state index contributed by atoms with van der Waals surface area (Å²) in [6.45, 7) is 9.18. The van der Waals surface area contributed by atoms with Gasteiger partial charge in [-0.1, -0.05) is 13.0 Å². The number of carbonyl (C=O) groups excluding carboxylic acids is 1. The first-order valence-corrected chi connectivity index (χ1v) is 11.4. The molecule has 0 aromatic heterocycles. The van der Waals surface area contributed by atoms with Crippen molar-refractivity contribution in [2.24, 2.45) is 0 Å². The van der Waals surface area contributed by atoms with Crippen LogP contribution in [-0.2, 0) is 27.8 Å². The van der Waals surface area contributed by atoms with Crippen LogP contribution in [0.4, 0.5) is 5.69 Å². The highest BCUT2D eigenvalue weighted by Gasteiger charge is 2.22. The van der Waals surface area contributed by atoms with Gasteiger partial charge in [0.2, 0.25) is 5.91 Å². The van der Waals surface area contributed by atoms with Gasteiger partial charge in [-0.25, -0.2) is 8.42 Å². The molecule has 0 unspecified atom stereocenters. The molecule has 3 rings (SSSR count). The summed E-state index contributed by atoms with van der Waals surface area (Å²) in [5.74, 6) is 0.836. The summed E-state index contributed by atoms with van der Waals surface area (Å²) in [7, 11) is -3.74. The molecule has 0 fully saturated rings. The Bertz CT molecular complexity index is 1010. The molecule has 0 saturated carbocycles. The van der Waals surface area contributed by atoms with E-state index in [0.717, 1.165) is 34.4 Å². The molecule has 1 aliphatic heterocycles. The summed E-state index contributed by atoms with van der Waals surface area (Å²) >= 11 is 0. The summed E-state index contributed by atoms with van der Waals surface area (Å²) in [5.41, 5.74) is 4.20. The number of nitrogens with one attached hydrogen (secondary N) is 1. The maximum absolute atomic E-state index is 12.9. The highest BCUT2D eigenvalue weighted by Crippen LogP contribution is 2.29. The number of aryl methyl sites for hydroxylation is 2. The van der Waals surface area contributed by atoms with Gasteiger partial charge in [0, 0.05) is 25.2 Å². The van der Waals surface area contributed by atoms with Crippen molar-refractivity contribution in [3.8, 4) is 5.75 Å². The summed E-state index contributed by atoms with van der Waals surface area (Å²) in [6, 6.07) is 8.80. The third-order valence-electron chi connectivity index (χ3n) is 5.16. The van der Waals surface area contributed by atoms with Crippen LogP contribution in [0.25, 0.3) is 0 Å². The molecule has 0 atom stereocenters. The molecule has 0 aliphatic carbocycles. The maximum Gasteiger partial charge on any atom is 0.261 e. The second-order valence-electron chi connectivity index (χ2n) is 7.33. The van der Waals surface area contributed by atoms with Gasteiger partial charge in [0.1, 0.15) is 5.75 Å². The van der Waals surface area contributed by atoms with Crippen LogP contribution >= 0.6 is 0 Å². The van der Waals surface area contributed by atoms with Crippen LogP contribution in [0.2, 0.25) is 0 Å². The minimum absolute atomic E-state index is 0.113. The Morgan fingerprint density at radius 3 is 2.41 bits per heavy atom. The normalized spacial score (nSPS) is 13.7. The molecular formula is C22H28N2O4S.